The average molecular weight is 431 g/mol. The fraction of sp³-hybridized carbons (Fsp3) is 0.0870. The number of halogens is 2. The first-order valence-electron chi connectivity index (χ1n) is 9.83. The molecule has 3 aromatic carbocycles. The largest absolute Gasteiger partial charge is 0.369 e. The number of benzene rings is 3. The Labute approximate surface area is 181 Å². The monoisotopic (exact) mass is 430 g/mol. The van der Waals surface area contributed by atoms with Crippen LogP contribution in [0.2, 0.25) is 5.02 Å². The number of hydrogen-bond donors (Lipinski definition) is 2. The molecule has 3 heterocycles. The molecule has 6 rings (SSSR count). The molecule has 3 N–H and O–H groups in total. The van der Waals surface area contributed by atoms with Crippen molar-refractivity contribution in [1.82, 2.24) is 19.9 Å². The first kappa shape index (κ1) is 18.1. The van der Waals surface area contributed by atoms with Crippen LogP contribution in [0.25, 0.3) is 33.1 Å². The van der Waals surface area contributed by atoms with Gasteiger partial charge < -0.3 is 15.6 Å². The number of anilines is 3. The van der Waals surface area contributed by atoms with E-state index in [2.05, 4.69) is 30.9 Å². The summed E-state index contributed by atoms with van der Waals surface area (Å²) >= 11 is 6.07. The fourth-order valence-corrected chi connectivity index (χ4v) is 4.41. The van der Waals surface area contributed by atoms with Crippen LogP contribution in [0.5, 0.6) is 0 Å². The second-order valence-corrected chi connectivity index (χ2v) is 7.99. The molecular formula is C23H16ClFN6. The van der Waals surface area contributed by atoms with E-state index in [9.17, 15) is 4.39 Å². The highest BCUT2D eigenvalue weighted by Crippen LogP contribution is 2.39. The molecule has 0 spiro atoms. The molecule has 1 aliphatic heterocycles. The first-order chi connectivity index (χ1) is 15.1. The van der Waals surface area contributed by atoms with Crippen molar-refractivity contribution in [3.05, 3.63) is 71.3 Å². The third kappa shape index (κ3) is 2.89. The number of H-pyrrole nitrogens is 1. The molecule has 0 amide bonds. The molecular weight excluding hydrogens is 415 g/mol. The molecule has 0 saturated carbocycles. The SMILES string of the molecule is Nc1nc2ccc(-c3ccc4ncnc(N5CCc6cc(F)c(Cl)cc65)c4c3)cc2[nH]1. The van der Waals surface area contributed by atoms with Crippen LogP contribution in [0, 0.1) is 5.82 Å². The van der Waals surface area contributed by atoms with Gasteiger partial charge in [-0.25, -0.2) is 19.3 Å². The Kier molecular flexibility index (Phi) is 3.88. The summed E-state index contributed by atoms with van der Waals surface area (Å²) in [6.07, 6.45) is 2.28. The number of nitrogens with zero attached hydrogens (tertiary/aromatic N) is 4. The standard InChI is InChI=1S/C23H16ClFN6/c24-16-10-21-14(8-17(16)25)5-6-31(21)22-15-7-12(1-3-18(15)27-11-28-22)13-2-4-19-20(9-13)30-23(26)29-19/h1-4,7-11H,5-6H2,(H3,26,29,30). The Morgan fingerprint density at radius 3 is 2.68 bits per heavy atom. The van der Waals surface area contributed by atoms with Gasteiger partial charge in [0, 0.05) is 17.6 Å². The third-order valence-corrected chi connectivity index (χ3v) is 6.01. The smallest absolute Gasteiger partial charge is 0.198 e. The van der Waals surface area contributed by atoms with Gasteiger partial charge in [-0.2, -0.15) is 0 Å². The Hall–Kier alpha value is -3.71. The highest BCUT2D eigenvalue weighted by Gasteiger charge is 2.25. The van der Waals surface area contributed by atoms with Gasteiger partial charge in [-0.05, 0) is 59.5 Å². The number of rotatable bonds is 2. The zero-order chi connectivity index (χ0) is 21.1. The van der Waals surface area contributed by atoms with Gasteiger partial charge in [-0.3, -0.25) is 0 Å². The lowest BCUT2D eigenvalue weighted by Gasteiger charge is -2.20. The lowest BCUT2D eigenvalue weighted by atomic mass is 10.0. The van der Waals surface area contributed by atoms with Crippen molar-refractivity contribution in [2.45, 2.75) is 6.42 Å². The summed E-state index contributed by atoms with van der Waals surface area (Å²) in [6.45, 7) is 0.699. The summed E-state index contributed by atoms with van der Waals surface area (Å²) < 4.78 is 13.9. The second-order valence-electron chi connectivity index (χ2n) is 7.58. The molecule has 0 atom stereocenters. The molecule has 8 heteroatoms. The van der Waals surface area contributed by atoms with E-state index in [1.807, 2.05) is 30.3 Å². The minimum Gasteiger partial charge on any atom is -0.369 e. The van der Waals surface area contributed by atoms with Crippen LogP contribution in [-0.4, -0.2) is 26.5 Å². The zero-order valence-corrected chi connectivity index (χ0v) is 17.0. The second kappa shape index (κ2) is 6.65. The van der Waals surface area contributed by atoms with Crippen molar-refractivity contribution >= 4 is 51.0 Å². The minimum atomic E-state index is -0.396. The van der Waals surface area contributed by atoms with Crippen LogP contribution in [0.15, 0.2) is 54.9 Å². The van der Waals surface area contributed by atoms with Gasteiger partial charge in [-0.15, -0.1) is 0 Å². The van der Waals surface area contributed by atoms with Crippen LogP contribution >= 0.6 is 11.6 Å². The summed E-state index contributed by atoms with van der Waals surface area (Å²) in [7, 11) is 0. The Bertz CT molecular complexity index is 1500. The highest BCUT2D eigenvalue weighted by atomic mass is 35.5. The highest BCUT2D eigenvalue weighted by molar-refractivity contribution is 6.31. The molecule has 0 radical (unpaired) electrons. The van der Waals surface area contributed by atoms with Crippen molar-refractivity contribution in [3.63, 3.8) is 0 Å². The summed E-state index contributed by atoms with van der Waals surface area (Å²) in [5, 5.41) is 1.02. The summed E-state index contributed by atoms with van der Waals surface area (Å²) in [5.41, 5.74) is 12.2. The molecule has 152 valence electrons. The predicted octanol–water partition coefficient (Wildman–Crippen LogP) is 5.24. The number of imidazole rings is 1. The summed E-state index contributed by atoms with van der Waals surface area (Å²) in [5.74, 6) is 0.774. The quantitative estimate of drug-likeness (QED) is 0.400. The maximum absolute atomic E-state index is 13.9. The Morgan fingerprint density at radius 2 is 1.81 bits per heavy atom. The number of fused-ring (bicyclic) bond motifs is 3. The van der Waals surface area contributed by atoms with E-state index in [-0.39, 0.29) is 5.02 Å². The van der Waals surface area contributed by atoms with Crippen LogP contribution in [0.4, 0.5) is 21.8 Å². The summed E-state index contributed by atoms with van der Waals surface area (Å²) in [4.78, 5) is 18.4. The average Bonchev–Trinajstić information content (AvgIpc) is 3.34. The summed E-state index contributed by atoms with van der Waals surface area (Å²) in [6, 6.07) is 15.3. The number of aromatic amines is 1. The van der Waals surface area contributed by atoms with Gasteiger partial charge in [0.1, 0.15) is 18.0 Å². The minimum absolute atomic E-state index is 0.108. The van der Waals surface area contributed by atoms with Crippen molar-refractivity contribution in [3.8, 4) is 11.1 Å². The van der Waals surface area contributed by atoms with E-state index in [4.69, 9.17) is 17.3 Å². The van der Waals surface area contributed by atoms with E-state index in [0.717, 1.165) is 56.6 Å². The predicted molar refractivity (Wildman–Crippen MR) is 121 cm³/mol. The van der Waals surface area contributed by atoms with Crippen molar-refractivity contribution < 1.29 is 4.39 Å². The molecule has 31 heavy (non-hydrogen) atoms. The van der Waals surface area contributed by atoms with Gasteiger partial charge in [-0.1, -0.05) is 23.7 Å². The van der Waals surface area contributed by atoms with Gasteiger partial charge in [0.2, 0.25) is 0 Å². The van der Waals surface area contributed by atoms with Crippen molar-refractivity contribution in [1.29, 1.82) is 0 Å². The molecule has 6 nitrogen and oxygen atoms in total. The van der Waals surface area contributed by atoms with Crippen LogP contribution < -0.4 is 10.6 Å². The van der Waals surface area contributed by atoms with Crippen molar-refractivity contribution in [2.75, 3.05) is 17.2 Å². The van der Waals surface area contributed by atoms with Gasteiger partial charge in [0.15, 0.2) is 5.95 Å². The van der Waals surface area contributed by atoms with Crippen LogP contribution in [0.1, 0.15) is 5.56 Å². The van der Waals surface area contributed by atoms with Crippen molar-refractivity contribution in [2.24, 2.45) is 0 Å². The van der Waals surface area contributed by atoms with Gasteiger partial charge in [0.05, 0.1) is 21.6 Å². The number of nitrogens with one attached hydrogen (secondary N) is 1. The molecule has 0 aliphatic carbocycles. The fourth-order valence-electron chi connectivity index (χ4n) is 4.25. The normalized spacial score (nSPS) is 13.3. The number of nitrogen functional groups attached to an aromatic ring is 1. The van der Waals surface area contributed by atoms with E-state index >= 15 is 0 Å². The van der Waals surface area contributed by atoms with E-state index < -0.39 is 5.82 Å². The molecule has 2 aromatic heterocycles. The molecule has 0 bridgehead atoms. The lowest BCUT2D eigenvalue weighted by Crippen LogP contribution is -2.15. The van der Waals surface area contributed by atoms with Crippen LogP contribution in [0.3, 0.4) is 0 Å². The van der Waals surface area contributed by atoms with Gasteiger partial charge in [0.25, 0.3) is 0 Å². The molecule has 0 unspecified atom stereocenters. The molecule has 0 fully saturated rings. The molecule has 0 saturated heterocycles. The third-order valence-electron chi connectivity index (χ3n) is 5.72. The maximum Gasteiger partial charge on any atom is 0.198 e. The number of aromatic nitrogens is 4. The van der Waals surface area contributed by atoms with E-state index in [0.29, 0.717) is 12.5 Å². The van der Waals surface area contributed by atoms with E-state index in [1.54, 1.807) is 12.4 Å². The lowest BCUT2D eigenvalue weighted by molar-refractivity contribution is 0.627. The molecule has 1 aliphatic rings. The first-order valence-corrected chi connectivity index (χ1v) is 10.2. The zero-order valence-electron chi connectivity index (χ0n) is 16.2. The number of nitrogens with two attached hydrogens (primary N) is 1. The Balaban J connectivity index is 1.50. The maximum atomic E-state index is 13.9. The molecule has 5 aromatic rings. The van der Waals surface area contributed by atoms with Gasteiger partial charge >= 0.3 is 0 Å². The van der Waals surface area contributed by atoms with E-state index in [1.165, 1.54) is 6.07 Å². The van der Waals surface area contributed by atoms with Crippen LogP contribution in [-0.2, 0) is 6.42 Å². The topological polar surface area (TPSA) is 83.7 Å². The number of hydrogen-bond acceptors (Lipinski definition) is 5. The Morgan fingerprint density at radius 1 is 1.00 bits per heavy atom.